The summed E-state index contributed by atoms with van der Waals surface area (Å²) >= 11 is 0. The molecule has 0 unspecified atom stereocenters. The van der Waals surface area contributed by atoms with Gasteiger partial charge in [-0.3, -0.25) is 4.90 Å². The molecular formula is C21H25NO4. The van der Waals surface area contributed by atoms with Gasteiger partial charge in [-0.2, -0.15) is 0 Å². The lowest BCUT2D eigenvalue weighted by atomic mass is 9.76. The van der Waals surface area contributed by atoms with E-state index in [2.05, 4.69) is 11.8 Å². The van der Waals surface area contributed by atoms with Gasteiger partial charge in [-0.1, -0.05) is 6.92 Å². The van der Waals surface area contributed by atoms with Crippen molar-refractivity contribution in [1.29, 1.82) is 0 Å². The molecule has 2 N–H and O–H groups in total. The number of rotatable bonds is 4. The first kappa shape index (κ1) is 17.0. The molecular weight excluding hydrogens is 330 g/mol. The molecule has 0 aromatic heterocycles. The minimum atomic E-state index is 0.145. The topological polar surface area (TPSA) is 62.2 Å². The van der Waals surface area contributed by atoms with Gasteiger partial charge in [-0.25, -0.2) is 0 Å². The predicted octanol–water partition coefficient (Wildman–Crippen LogP) is 3.65. The molecule has 0 saturated carbocycles. The Morgan fingerprint density at radius 1 is 1.08 bits per heavy atom. The molecule has 1 atom stereocenters. The van der Waals surface area contributed by atoms with Crippen LogP contribution in [0.5, 0.6) is 23.0 Å². The number of hydrogen-bond acceptors (Lipinski definition) is 5. The van der Waals surface area contributed by atoms with E-state index in [1.165, 1.54) is 11.1 Å². The van der Waals surface area contributed by atoms with Gasteiger partial charge in [-0.15, -0.1) is 0 Å². The standard InChI is InChI=1S/C21H25NO4/c1-4-6-22-7-5-12-9-17(24)21(26-3)20-14-11-18(25-2)16(23)10-13(14)8-15(22)19(12)20/h9-11,15,23-24H,4-8H2,1-3H3/t15-/m0/s1. The zero-order chi connectivity index (χ0) is 18.4. The zero-order valence-corrected chi connectivity index (χ0v) is 15.5. The summed E-state index contributed by atoms with van der Waals surface area (Å²) in [7, 11) is 3.14. The Bertz CT molecular complexity index is 862. The van der Waals surface area contributed by atoms with Crippen LogP contribution in [0, 0.1) is 0 Å². The molecule has 1 heterocycles. The third kappa shape index (κ3) is 2.42. The highest BCUT2D eigenvalue weighted by Crippen LogP contribution is 2.53. The van der Waals surface area contributed by atoms with E-state index in [-0.39, 0.29) is 17.5 Å². The van der Waals surface area contributed by atoms with Gasteiger partial charge in [0.1, 0.15) is 0 Å². The molecule has 0 saturated heterocycles. The molecule has 0 spiro atoms. The van der Waals surface area contributed by atoms with Crippen molar-refractivity contribution < 1.29 is 19.7 Å². The van der Waals surface area contributed by atoms with Crippen molar-refractivity contribution in [2.24, 2.45) is 0 Å². The summed E-state index contributed by atoms with van der Waals surface area (Å²) in [4.78, 5) is 2.51. The normalized spacial score (nSPS) is 18.2. The fourth-order valence-corrected chi connectivity index (χ4v) is 4.55. The molecule has 26 heavy (non-hydrogen) atoms. The third-order valence-corrected chi connectivity index (χ3v) is 5.63. The number of hydrogen-bond donors (Lipinski definition) is 2. The summed E-state index contributed by atoms with van der Waals surface area (Å²) in [6.07, 6.45) is 2.85. The van der Waals surface area contributed by atoms with Gasteiger partial charge in [-0.05, 0) is 66.3 Å². The Kier molecular flexibility index (Phi) is 4.19. The van der Waals surface area contributed by atoms with Crippen LogP contribution in [-0.2, 0) is 12.8 Å². The first-order valence-electron chi connectivity index (χ1n) is 9.16. The summed E-state index contributed by atoms with van der Waals surface area (Å²) in [6, 6.07) is 5.75. The van der Waals surface area contributed by atoms with Crippen molar-refractivity contribution in [1.82, 2.24) is 4.90 Å². The van der Waals surface area contributed by atoms with E-state index in [9.17, 15) is 10.2 Å². The van der Waals surface area contributed by atoms with Gasteiger partial charge in [0, 0.05) is 18.2 Å². The summed E-state index contributed by atoms with van der Waals surface area (Å²) in [6.45, 7) is 4.21. The van der Waals surface area contributed by atoms with Gasteiger partial charge in [0.2, 0.25) is 0 Å². The lowest BCUT2D eigenvalue weighted by Crippen LogP contribution is -2.39. The summed E-state index contributed by atoms with van der Waals surface area (Å²) in [5.41, 5.74) is 5.40. The maximum absolute atomic E-state index is 10.5. The van der Waals surface area contributed by atoms with Crippen LogP contribution in [0.4, 0.5) is 0 Å². The number of aromatic hydroxyl groups is 2. The molecule has 5 heteroatoms. The Hall–Kier alpha value is -2.40. The van der Waals surface area contributed by atoms with Gasteiger partial charge >= 0.3 is 0 Å². The number of nitrogens with zero attached hydrogens (tertiary/aromatic N) is 1. The largest absolute Gasteiger partial charge is 0.504 e. The fraction of sp³-hybridized carbons (Fsp3) is 0.429. The van der Waals surface area contributed by atoms with E-state index in [0.717, 1.165) is 49.0 Å². The van der Waals surface area contributed by atoms with Crippen molar-refractivity contribution in [3.05, 3.63) is 34.9 Å². The van der Waals surface area contributed by atoms with E-state index in [1.807, 2.05) is 12.1 Å². The zero-order valence-electron chi connectivity index (χ0n) is 15.5. The SMILES string of the molecule is CCCN1CCc2cc(O)c(OC)c3c2[C@@H]1Cc1cc(O)c(OC)cc1-3. The molecule has 1 aliphatic carbocycles. The minimum absolute atomic E-state index is 0.145. The second-order valence-corrected chi connectivity index (χ2v) is 7.06. The maximum Gasteiger partial charge on any atom is 0.168 e. The fourth-order valence-electron chi connectivity index (χ4n) is 4.55. The quantitative estimate of drug-likeness (QED) is 0.877. The van der Waals surface area contributed by atoms with E-state index >= 15 is 0 Å². The van der Waals surface area contributed by atoms with Crippen LogP contribution in [0.3, 0.4) is 0 Å². The lowest BCUT2D eigenvalue weighted by Gasteiger charge is -2.42. The molecule has 0 fully saturated rings. The smallest absolute Gasteiger partial charge is 0.168 e. The van der Waals surface area contributed by atoms with Crippen LogP contribution < -0.4 is 9.47 Å². The minimum Gasteiger partial charge on any atom is -0.504 e. The molecule has 138 valence electrons. The highest BCUT2D eigenvalue weighted by molar-refractivity contribution is 5.84. The summed E-state index contributed by atoms with van der Waals surface area (Å²) in [5, 5.41) is 20.8. The van der Waals surface area contributed by atoms with Gasteiger partial charge in [0.05, 0.1) is 14.2 Å². The summed E-state index contributed by atoms with van der Waals surface area (Å²) < 4.78 is 10.9. The lowest BCUT2D eigenvalue weighted by molar-refractivity contribution is 0.182. The van der Waals surface area contributed by atoms with E-state index in [4.69, 9.17) is 9.47 Å². The van der Waals surface area contributed by atoms with Gasteiger partial charge < -0.3 is 19.7 Å². The molecule has 1 aliphatic heterocycles. The highest BCUT2D eigenvalue weighted by atomic mass is 16.5. The maximum atomic E-state index is 10.5. The molecule has 0 radical (unpaired) electrons. The number of phenolic OH excluding ortho intramolecular Hbond substituents is 2. The predicted molar refractivity (Wildman–Crippen MR) is 100 cm³/mol. The van der Waals surface area contributed by atoms with Crippen LogP contribution in [-0.4, -0.2) is 42.4 Å². The second kappa shape index (κ2) is 6.40. The average Bonchev–Trinajstić information content (AvgIpc) is 2.63. The van der Waals surface area contributed by atoms with E-state index in [1.54, 1.807) is 20.3 Å². The van der Waals surface area contributed by atoms with Crippen molar-refractivity contribution in [2.45, 2.75) is 32.2 Å². The van der Waals surface area contributed by atoms with Crippen LogP contribution in [0.1, 0.15) is 36.1 Å². The average molecular weight is 355 g/mol. The molecule has 2 aromatic carbocycles. The number of methoxy groups -OCH3 is 2. The van der Waals surface area contributed by atoms with Crippen LogP contribution in [0.15, 0.2) is 18.2 Å². The number of benzene rings is 2. The van der Waals surface area contributed by atoms with E-state index < -0.39 is 0 Å². The second-order valence-electron chi connectivity index (χ2n) is 7.06. The molecule has 2 aliphatic rings. The highest BCUT2D eigenvalue weighted by Gasteiger charge is 2.37. The molecule has 4 rings (SSSR count). The van der Waals surface area contributed by atoms with Crippen molar-refractivity contribution in [3.63, 3.8) is 0 Å². The monoisotopic (exact) mass is 355 g/mol. The number of fused-ring (bicyclic) bond motifs is 2. The van der Waals surface area contributed by atoms with Gasteiger partial charge in [0.15, 0.2) is 23.0 Å². The van der Waals surface area contributed by atoms with Crippen LogP contribution in [0.25, 0.3) is 11.1 Å². The Morgan fingerprint density at radius 3 is 2.54 bits per heavy atom. The summed E-state index contributed by atoms with van der Waals surface area (Å²) in [5.74, 6) is 1.25. The molecule has 5 nitrogen and oxygen atoms in total. The molecule has 0 amide bonds. The number of ether oxygens (including phenoxy) is 2. The first-order chi connectivity index (χ1) is 12.6. The van der Waals surface area contributed by atoms with Crippen molar-refractivity contribution >= 4 is 0 Å². The Morgan fingerprint density at radius 2 is 1.85 bits per heavy atom. The first-order valence-corrected chi connectivity index (χ1v) is 9.16. The number of phenols is 2. The van der Waals surface area contributed by atoms with Crippen molar-refractivity contribution in [2.75, 3.05) is 27.3 Å². The van der Waals surface area contributed by atoms with Crippen LogP contribution >= 0.6 is 0 Å². The van der Waals surface area contributed by atoms with E-state index in [0.29, 0.717) is 11.5 Å². The van der Waals surface area contributed by atoms with Crippen molar-refractivity contribution in [3.8, 4) is 34.1 Å². The third-order valence-electron chi connectivity index (χ3n) is 5.63. The Balaban J connectivity index is 2.01. The molecule has 2 aromatic rings. The molecule has 0 bridgehead atoms. The van der Waals surface area contributed by atoms with Crippen LogP contribution in [0.2, 0.25) is 0 Å². The Labute approximate surface area is 153 Å². The van der Waals surface area contributed by atoms with Gasteiger partial charge in [0.25, 0.3) is 0 Å².